The number of hydrogen-bond donors (Lipinski definition) is 0. The van der Waals surface area contributed by atoms with Crippen molar-refractivity contribution in [2.45, 2.75) is 26.4 Å². The average molecular weight is 472 g/mol. The predicted octanol–water partition coefficient (Wildman–Crippen LogP) is 5.32. The summed E-state index contributed by atoms with van der Waals surface area (Å²) >= 11 is 0. The zero-order valence-electron chi connectivity index (χ0n) is 19.8. The Morgan fingerprint density at radius 2 is 1.94 bits per heavy atom. The van der Waals surface area contributed by atoms with Gasteiger partial charge in [-0.25, -0.2) is 0 Å². The maximum Gasteiger partial charge on any atom is 0.291 e. The minimum atomic E-state index is -0.688. The molecular formula is C28H25NO6. The van der Waals surface area contributed by atoms with Gasteiger partial charge in [-0.15, -0.1) is 0 Å². The summed E-state index contributed by atoms with van der Waals surface area (Å²) in [6, 6.07) is 12.0. The number of nitrogens with zero attached hydrogens (tertiary/aromatic N) is 1. The molecule has 7 nitrogen and oxygen atoms in total. The first kappa shape index (κ1) is 22.5. The third kappa shape index (κ3) is 3.79. The SMILES string of the molecule is C=CCOc1ccc(C2c3c(oc4c(C)cc(C)cc4c3=O)C(=O)N2Cc2ccco2)cc1OC. The Labute approximate surface area is 202 Å². The molecule has 3 heterocycles. The molecule has 2 aromatic heterocycles. The average Bonchev–Trinajstić information content (AvgIpc) is 3.46. The number of methoxy groups -OCH3 is 1. The number of hydrogen-bond acceptors (Lipinski definition) is 6. The number of fused-ring (bicyclic) bond motifs is 2. The molecule has 0 spiro atoms. The van der Waals surface area contributed by atoms with Crippen LogP contribution in [0.25, 0.3) is 11.0 Å². The molecule has 0 bridgehead atoms. The van der Waals surface area contributed by atoms with Crippen LogP contribution < -0.4 is 14.9 Å². The monoisotopic (exact) mass is 471 g/mol. The summed E-state index contributed by atoms with van der Waals surface area (Å²) in [5, 5.41) is 0.455. The van der Waals surface area contributed by atoms with Crippen molar-refractivity contribution in [2.24, 2.45) is 0 Å². The summed E-state index contributed by atoms with van der Waals surface area (Å²) in [5.74, 6) is 1.30. The fraction of sp³-hybridized carbons (Fsp3) is 0.214. The largest absolute Gasteiger partial charge is 0.493 e. The Bertz CT molecular complexity index is 1500. The van der Waals surface area contributed by atoms with Crippen LogP contribution in [0.2, 0.25) is 0 Å². The van der Waals surface area contributed by atoms with Crippen molar-refractivity contribution < 1.29 is 23.1 Å². The van der Waals surface area contributed by atoms with Crippen molar-refractivity contribution in [3.8, 4) is 11.5 Å². The van der Waals surface area contributed by atoms with E-state index in [9.17, 15) is 9.59 Å². The van der Waals surface area contributed by atoms with Gasteiger partial charge >= 0.3 is 0 Å². The van der Waals surface area contributed by atoms with Gasteiger partial charge in [-0.2, -0.15) is 0 Å². The number of amides is 1. The predicted molar refractivity (Wildman–Crippen MR) is 131 cm³/mol. The molecule has 35 heavy (non-hydrogen) atoms. The Hall–Kier alpha value is -4.26. The fourth-order valence-electron chi connectivity index (χ4n) is 4.68. The Morgan fingerprint density at radius 3 is 2.66 bits per heavy atom. The highest BCUT2D eigenvalue weighted by Crippen LogP contribution is 2.42. The third-order valence-electron chi connectivity index (χ3n) is 6.16. The standard InChI is InChI=1S/C28H25NO6/c1-5-10-34-21-9-8-18(14-22(21)32-4)24-23-25(30)20-13-16(2)12-17(3)26(20)35-27(23)28(31)29(24)15-19-7-6-11-33-19/h5-9,11-14,24H,1,10,15H2,2-4H3. The van der Waals surface area contributed by atoms with Gasteiger partial charge in [0, 0.05) is 0 Å². The van der Waals surface area contributed by atoms with Crippen molar-refractivity contribution in [1.29, 1.82) is 0 Å². The molecular weight excluding hydrogens is 446 g/mol. The molecule has 1 atom stereocenters. The summed E-state index contributed by atoms with van der Waals surface area (Å²) in [6.45, 7) is 7.96. The summed E-state index contributed by atoms with van der Waals surface area (Å²) in [5.41, 5.74) is 2.96. The van der Waals surface area contributed by atoms with Gasteiger partial charge < -0.3 is 23.2 Å². The first-order chi connectivity index (χ1) is 16.9. The quantitative estimate of drug-likeness (QED) is 0.339. The highest BCUT2D eigenvalue weighted by Gasteiger charge is 2.43. The van der Waals surface area contributed by atoms with E-state index in [0.717, 1.165) is 11.1 Å². The lowest BCUT2D eigenvalue weighted by Gasteiger charge is -2.25. The van der Waals surface area contributed by atoms with Gasteiger partial charge in [-0.05, 0) is 60.9 Å². The van der Waals surface area contributed by atoms with E-state index in [1.165, 1.54) is 0 Å². The number of aryl methyl sites for hydroxylation is 2. The number of benzene rings is 2. The zero-order valence-corrected chi connectivity index (χ0v) is 19.8. The highest BCUT2D eigenvalue weighted by molar-refractivity contribution is 5.99. The van der Waals surface area contributed by atoms with Crippen LogP contribution in [0, 0.1) is 13.8 Å². The molecule has 1 aliphatic heterocycles. The van der Waals surface area contributed by atoms with Gasteiger partial charge in [0.25, 0.3) is 5.91 Å². The lowest BCUT2D eigenvalue weighted by Crippen LogP contribution is -2.29. The van der Waals surface area contributed by atoms with E-state index in [1.54, 1.807) is 54.7 Å². The Morgan fingerprint density at radius 1 is 1.11 bits per heavy atom. The Kier molecular flexibility index (Phi) is 5.68. The van der Waals surface area contributed by atoms with Crippen LogP contribution in [0.4, 0.5) is 0 Å². The topological polar surface area (TPSA) is 82.1 Å². The number of carbonyl (C=O) groups excluding carboxylic acids is 1. The maximum atomic E-state index is 13.8. The smallest absolute Gasteiger partial charge is 0.291 e. The molecule has 4 aromatic rings. The van der Waals surface area contributed by atoms with E-state index in [2.05, 4.69) is 6.58 Å². The number of rotatable bonds is 7. The molecule has 5 rings (SSSR count). The van der Waals surface area contributed by atoms with Gasteiger partial charge in [0.05, 0.1) is 36.9 Å². The maximum absolute atomic E-state index is 13.8. The molecule has 0 saturated carbocycles. The second-order valence-electron chi connectivity index (χ2n) is 8.56. The van der Waals surface area contributed by atoms with Crippen LogP contribution in [-0.4, -0.2) is 24.5 Å². The van der Waals surface area contributed by atoms with E-state index in [0.29, 0.717) is 46.0 Å². The highest BCUT2D eigenvalue weighted by atomic mass is 16.5. The van der Waals surface area contributed by atoms with E-state index in [4.69, 9.17) is 18.3 Å². The summed E-state index contributed by atoms with van der Waals surface area (Å²) in [7, 11) is 1.54. The molecule has 0 fully saturated rings. The number of furan rings is 1. The number of ether oxygens (including phenoxy) is 2. The summed E-state index contributed by atoms with van der Waals surface area (Å²) in [6.07, 6.45) is 3.20. The van der Waals surface area contributed by atoms with E-state index >= 15 is 0 Å². The lowest BCUT2D eigenvalue weighted by molar-refractivity contribution is 0.0701. The van der Waals surface area contributed by atoms with Crippen LogP contribution in [0.1, 0.15) is 44.6 Å². The molecule has 1 unspecified atom stereocenters. The summed E-state index contributed by atoms with van der Waals surface area (Å²) in [4.78, 5) is 29.1. The third-order valence-corrected chi connectivity index (χ3v) is 6.16. The van der Waals surface area contributed by atoms with E-state index < -0.39 is 6.04 Å². The zero-order chi connectivity index (χ0) is 24.7. The first-order valence-electron chi connectivity index (χ1n) is 11.3. The van der Waals surface area contributed by atoms with Crippen LogP contribution in [0.15, 0.2) is 75.0 Å². The number of carbonyl (C=O) groups is 1. The molecule has 1 amide bonds. The molecule has 0 N–H and O–H groups in total. The second kappa shape index (κ2) is 8.83. The van der Waals surface area contributed by atoms with E-state index in [1.807, 2.05) is 26.0 Å². The second-order valence-corrected chi connectivity index (χ2v) is 8.56. The Balaban J connectivity index is 1.73. The van der Waals surface area contributed by atoms with Crippen LogP contribution in [-0.2, 0) is 6.54 Å². The van der Waals surface area contributed by atoms with Crippen molar-refractivity contribution >= 4 is 16.9 Å². The molecule has 7 heteroatoms. The van der Waals surface area contributed by atoms with Crippen molar-refractivity contribution in [3.63, 3.8) is 0 Å². The van der Waals surface area contributed by atoms with Gasteiger partial charge in [0.2, 0.25) is 5.76 Å². The summed E-state index contributed by atoms with van der Waals surface area (Å²) < 4.78 is 22.9. The molecule has 0 aliphatic carbocycles. The van der Waals surface area contributed by atoms with Crippen LogP contribution >= 0.6 is 0 Å². The lowest BCUT2D eigenvalue weighted by atomic mass is 9.97. The first-order valence-corrected chi connectivity index (χ1v) is 11.3. The van der Waals surface area contributed by atoms with Gasteiger partial charge in [0.15, 0.2) is 16.9 Å². The van der Waals surface area contributed by atoms with Crippen molar-refractivity contribution in [2.75, 3.05) is 13.7 Å². The minimum Gasteiger partial charge on any atom is -0.493 e. The van der Waals surface area contributed by atoms with Gasteiger partial charge in [0.1, 0.15) is 18.0 Å². The van der Waals surface area contributed by atoms with Crippen LogP contribution in [0.3, 0.4) is 0 Å². The van der Waals surface area contributed by atoms with Crippen molar-refractivity contribution in [1.82, 2.24) is 4.90 Å². The molecule has 2 aromatic carbocycles. The molecule has 0 radical (unpaired) electrons. The van der Waals surface area contributed by atoms with Crippen molar-refractivity contribution in [3.05, 3.63) is 105 Å². The normalized spacial score (nSPS) is 14.9. The van der Waals surface area contributed by atoms with Gasteiger partial charge in [-0.1, -0.05) is 24.8 Å². The fourth-order valence-corrected chi connectivity index (χ4v) is 4.68. The minimum absolute atomic E-state index is 0.0527. The van der Waals surface area contributed by atoms with Gasteiger partial charge in [-0.3, -0.25) is 9.59 Å². The molecule has 0 saturated heterocycles. The van der Waals surface area contributed by atoms with E-state index in [-0.39, 0.29) is 23.6 Å². The molecule has 178 valence electrons. The van der Waals surface area contributed by atoms with Crippen LogP contribution in [0.5, 0.6) is 11.5 Å². The molecule has 1 aliphatic rings.